The third kappa shape index (κ3) is 3.64. The lowest BCUT2D eigenvalue weighted by molar-refractivity contribution is -0.117. The SMILES string of the molecule is CC[C@H](N)C(=O)Nc1ccc(CCO)cc1. The second-order valence-electron chi connectivity index (χ2n) is 3.67. The van der Waals surface area contributed by atoms with Gasteiger partial charge in [-0.25, -0.2) is 0 Å². The lowest BCUT2D eigenvalue weighted by Crippen LogP contribution is -2.34. The smallest absolute Gasteiger partial charge is 0.241 e. The summed E-state index contributed by atoms with van der Waals surface area (Å²) in [5.74, 6) is -0.169. The van der Waals surface area contributed by atoms with Crippen LogP contribution in [0.2, 0.25) is 0 Å². The number of rotatable bonds is 5. The lowest BCUT2D eigenvalue weighted by Gasteiger charge is -2.10. The number of hydrogen-bond donors (Lipinski definition) is 3. The topological polar surface area (TPSA) is 75.4 Å². The number of aliphatic hydroxyl groups is 1. The predicted molar refractivity (Wildman–Crippen MR) is 64.1 cm³/mol. The molecule has 0 aliphatic heterocycles. The number of aliphatic hydroxyl groups excluding tert-OH is 1. The average molecular weight is 222 g/mol. The first-order chi connectivity index (χ1) is 7.67. The standard InChI is InChI=1S/C12H18N2O2/c1-2-11(13)12(16)14-10-5-3-9(4-6-10)7-8-15/h3-6,11,15H,2,7-8,13H2,1H3,(H,14,16)/t11-/m0/s1. The van der Waals surface area contributed by atoms with E-state index >= 15 is 0 Å². The van der Waals surface area contributed by atoms with Crippen LogP contribution in [0.15, 0.2) is 24.3 Å². The molecule has 0 saturated heterocycles. The van der Waals surface area contributed by atoms with E-state index < -0.39 is 6.04 Å². The number of nitrogens with two attached hydrogens (primary N) is 1. The van der Waals surface area contributed by atoms with E-state index in [9.17, 15) is 4.79 Å². The van der Waals surface area contributed by atoms with Gasteiger partial charge in [-0.15, -0.1) is 0 Å². The van der Waals surface area contributed by atoms with Gasteiger partial charge in [0, 0.05) is 12.3 Å². The van der Waals surface area contributed by atoms with Crippen molar-refractivity contribution in [2.24, 2.45) is 5.73 Å². The van der Waals surface area contributed by atoms with E-state index in [1.165, 1.54) is 0 Å². The van der Waals surface area contributed by atoms with Crippen LogP contribution in [0.4, 0.5) is 5.69 Å². The number of amides is 1. The summed E-state index contributed by atoms with van der Waals surface area (Å²) in [6.45, 7) is 2.00. The molecule has 4 heteroatoms. The predicted octanol–water partition coefficient (Wildman–Crippen LogP) is 0.897. The van der Waals surface area contributed by atoms with Gasteiger partial charge in [-0.3, -0.25) is 4.79 Å². The monoisotopic (exact) mass is 222 g/mol. The maximum atomic E-state index is 11.5. The molecule has 4 nitrogen and oxygen atoms in total. The second kappa shape index (κ2) is 6.25. The summed E-state index contributed by atoms with van der Waals surface area (Å²) in [6, 6.07) is 6.92. The van der Waals surface area contributed by atoms with E-state index in [1.807, 2.05) is 31.2 Å². The Kier molecular flexibility index (Phi) is 4.95. The highest BCUT2D eigenvalue weighted by atomic mass is 16.2. The Bertz CT molecular complexity index is 335. The first kappa shape index (κ1) is 12.7. The third-order valence-corrected chi connectivity index (χ3v) is 2.40. The van der Waals surface area contributed by atoms with Crippen LogP contribution in [0.3, 0.4) is 0 Å². The van der Waals surface area contributed by atoms with E-state index in [2.05, 4.69) is 5.32 Å². The Morgan fingerprint density at radius 2 is 2.06 bits per heavy atom. The van der Waals surface area contributed by atoms with Crippen molar-refractivity contribution >= 4 is 11.6 Å². The van der Waals surface area contributed by atoms with Gasteiger partial charge >= 0.3 is 0 Å². The first-order valence-electron chi connectivity index (χ1n) is 5.43. The van der Waals surface area contributed by atoms with Crippen LogP contribution in [0, 0.1) is 0 Å². The quantitative estimate of drug-likeness (QED) is 0.692. The van der Waals surface area contributed by atoms with Crippen molar-refractivity contribution in [2.75, 3.05) is 11.9 Å². The van der Waals surface area contributed by atoms with Crippen molar-refractivity contribution in [3.05, 3.63) is 29.8 Å². The van der Waals surface area contributed by atoms with Crippen molar-refractivity contribution in [2.45, 2.75) is 25.8 Å². The van der Waals surface area contributed by atoms with Crippen LogP contribution in [-0.4, -0.2) is 23.7 Å². The van der Waals surface area contributed by atoms with Crippen LogP contribution in [0.25, 0.3) is 0 Å². The molecule has 1 aromatic carbocycles. The number of carbonyl (C=O) groups is 1. The maximum absolute atomic E-state index is 11.5. The number of nitrogens with one attached hydrogen (secondary N) is 1. The van der Waals surface area contributed by atoms with E-state index in [-0.39, 0.29) is 12.5 Å². The highest BCUT2D eigenvalue weighted by molar-refractivity contribution is 5.94. The van der Waals surface area contributed by atoms with Gasteiger partial charge in [0.25, 0.3) is 0 Å². The van der Waals surface area contributed by atoms with Crippen molar-refractivity contribution in [1.82, 2.24) is 0 Å². The molecule has 1 aromatic rings. The molecule has 88 valence electrons. The summed E-state index contributed by atoms with van der Waals surface area (Å²) >= 11 is 0. The van der Waals surface area contributed by atoms with Gasteiger partial charge in [0.05, 0.1) is 6.04 Å². The Morgan fingerprint density at radius 1 is 1.44 bits per heavy atom. The van der Waals surface area contributed by atoms with Crippen LogP contribution in [0.5, 0.6) is 0 Å². The molecule has 0 aromatic heterocycles. The van der Waals surface area contributed by atoms with Crippen molar-refractivity contribution in [3.8, 4) is 0 Å². The van der Waals surface area contributed by atoms with Crippen molar-refractivity contribution < 1.29 is 9.90 Å². The molecular weight excluding hydrogens is 204 g/mol. The van der Waals surface area contributed by atoms with Gasteiger partial charge in [-0.1, -0.05) is 19.1 Å². The van der Waals surface area contributed by atoms with Crippen molar-refractivity contribution in [1.29, 1.82) is 0 Å². The molecule has 1 atom stereocenters. The van der Waals surface area contributed by atoms with Gasteiger partial charge in [0.1, 0.15) is 0 Å². The fraction of sp³-hybridized carbons (Fsp3) is 0.417. The molecule has 1 rings (SSSR count). The minimum Gasteiger partial charge on any atom is -0.396 e. The van der Waals surface area contributed by atoms with E-state index in [0.29, 0.717) is 12.8 Å². The molecule has 0 saturated carbocycles. The van der Waals surface area contributed by atoms with Crippen LogP contribution in [0.1, 0.15) is 18.9 Å². The molecule has 0 fully saturated rings. The van der Waals surface area contributed by atoms with Gasteiger partial charge in [0.2, 0.25) is 5.91 Å². The summed E-state index contributed by atoms with van der Waals surface area (Å²) in [4.78, 5) is 11.5. The molecule has 0 aliphatic rings. The summed E-state index contributed by atoms with van der Waals surface area (Å²) in [5.41, 5.74) is 7.37. The summed E-state index contributed by atoms with van der Waals surface area (Å²) in [6.07, 6.45) is 1.25. The fourth-order valence-electron chi connectivity index (χ4n) is 1.30. The van der Waals surface area contributed by atoms with E-state index in [4.69, 9.17) is 10.8 Å². The Balaban J connectivity index is 2.58. The van der Waals surface area contributed by atoms with Crippen LogP contribution >= 0.6 is 0 Å². The Morgan fingerprint density at radius 3 is 2.56 bits per heavy atom. The first-order valence-corrected chi connectivity index (χ1v) is 5.43. The lowest BCUT2D eigenvalue weighted by atomic mass is 10.1. The summed E-state index contributed by atoms with van der Waals surface area (Å²) in [5, 5.41) is 11.5. The maximum Gasteiger partial charge on any atom is 0.241 e. The summed E-state index contributed by atoms with van der Waals surface area (Å²) < 4.78 is 0. The minimum atomic E-state index is -0.461. The molecule has 1 amide bonds. The largest absolute Gasteiger partial charge is 0.396 e. The molecule has 0 bridgehead atoms. The molecule has 0 aliphatic carbocycles. The van der Waals surface area contributed by atoms with Gasteiger partial charge < -0.3 is 16.2 Å². The van der Waals surface area contributed by atoms with Gasteiger partial charge in [0.15, 0.2) is 0 Å². The van der Waals surface area contributed by atoms with Gasteiger partial charge in [-0.05, 0) is 30.5 Å². The normalized spacial score (nSPS) is 12.2. The number of carbonyl (C=O) groups excluding carboxylic acids is 1. The molecule has 0 unspecified atom stereocenters. The van der Waals surface area contributed by atoms with Crippen molar-refractivity contribution in [3.63, 3.8) is 0 Å². The number of benzene rings is 1. The molecule has 16 heavy (non-hydrogen) atoms. The summed E-state index contributed by atoms with van der Waals surface area (Å²) in [7, 11) is 0. The minimum absolute atomic E-state index is 0.131. The van der Waals surface area contributed by atoms with E-state index in [0.717, 1.165) is 11.3 Å². The zero-order valence-corrected chi connectivity index (χ0v) is 9.44. The molecule has 0 radical (unpaired) electrons. The zero-order valence-electron chi connectivity index (χ0n) is 9.44. The zero-order chi connectivity index (χ0) is 12.0. The Hall–Kier alpha value is -1.39. The molecular formula is C12H18N2O2. The van der Waals surface area contributed by atoms with E-state index in [1.54, 1.807) is 0 Å². The molecule has 4 N–H and O–H groups in total. The average Bonchev–Trinajstić information content (AvgIpc) is 2.31. The van der Waals surface area contributed by atoms with Crippen LogP contribution in [-0.2, 0) is 11.2 Å². The molecule has 0 spiro atoms. The third-order valence-electron chi connectivity index (χ3n) is 2.40. The molecule has 0 heterocycles. The van der Waals surface area contributed by atoms with Crippen LogP contribution < -0.4 is 11.1 Å². The Labute approximate surface area is 95.5 Å². The van der Waals surface area contributed by atoms with Gasteiger partial charge in [-0.2, -0.15) is 0 Å². The second-order valence-corrected chi connectivity index (χ2v) is 3.67. The fourth-order valence-corrected chi connectivity index (χ4v) is 1.30. The highest BCUT2D eigenvalue weighted by Crippen LogP contribution is 2.10. The highest BCUT2D eigenvalue weighted by Gasteiger charge is 2.10. The number of anilines is 1. The number of hydrogen-bond acceptors (Lipinski definition) is 3.